The number of carboxylic acids is 1. The van der Waals surface area contributed by atoms with Crippen molar-refractivity contribution in [1.29, 1.82) is 0 Å². The van der Waals surface area contributed by atoms with Gasteiger partial charge in [-0.2, -0.15) is 0 Å². The molecule has 5 heteroatoms. The lowest BCUT2D eigenvalue weighted by atomic mass is 9.72. The first-order valence-corrected chi connectivity index (χ1v) is 11.1. The van der Waals surface area contributed by atoms with Gasteiger partial charge in [-0.25, -0.2) is 0 Å². The number of hydrogen-bond donors (Lipinski definition) is 2. The van der Waals surface area contributed by atoms with Gasteiger partial charge in [0.2, 0.25) is 0 Å². The number of carbonyl (C=O) groups is 2. The zero-order chi connectivity index (χ0) is 19.9. The van der Waals surface area contributed by atoms with Gasteiger partial charge in [-0.15, -0.1) is 0 Å². The number of carbonyl (C=O) groups excluding carboxylic acids is 1. The number of aliphatic hydroxyl groups is 1. The van der Waals surface area contributed by atoms with Crippen LogP contribution in [0.25, 0.3) is 0 Å². The summed E-state index contributed by atoms with van der Waals surface area (Å²) < 4.78 is 4.96. The Bertz CT molecular complexity index is 410. The van der Waals surface area contributed by atoms with E-state index < -0.39 is 23.8 Å². The van der Waals surface area contributed by atoms with Gasteiger partial charge in [0.05, 0.1) is 18.4 Å². The summed E-state index contributed by atoms with van der Waals surface area (Å²) in [6.45, 7) is 1.97. The second-order valence-electron chi connectivity index (χ2n) is 8.09. The zero-order valence-corrected chi connectivity index (χ0v) is 17.2. The maximum absolute atomic E-state index is 12.0. The molecule has 3 atom stereocenters. The lowest BCUT2D eigenvalue weighted by Crippen LogP contribution is -2.37. The molecule has 1 aliphatic rings. The van der Waals surface area contributed by atoms with E-state index in [1.54, 1.807) is 0 Å². The van der Waals surface area contributed by atoms with Gasteiger partial charge >= 0.3 is 11.9 Å². The van der Waals surface area contributed by atoms with Gasteiger partial charge in [0.1, 0.15) is 6.61 Å². The van der Waals surface area contributed by atoms with Crippen molar-refractivity contribution in [1.82, 2.24) is 0 Å². The number of esters is 1. The fourth-order valence-electron chi connectivity index (χ4n) is 4.25. The van der Waals surface area contributed by atoms with Gasteiger partial charge in [-0.05, 0) is 25.2 Å². The molecule has 0 spiro atoms. The Morgan fingerprint density at radius 3 is 2.04 bits per heavy atom. The highest BCUT2D eigenvalue weighted by Gasteiger charge is 2.39. The van der Waals surface area contributed by atoms with Crippen LogP contribution >= 0.6 is 0 Å². The summed E-state index contributed by atoms with van der Waals surface area (Å²) >= 11 is 0. The molecule has 3 unspecified atom stereocenters. The van der Waals surface area contributed by atoms with E-state index in [1.807, 2.05) is 0 Å². The Labute approximate surface area is 164 Å². The van der Waals surface area contributed by atoms with Crippen LogP contribution in [-0.2, 0) is 14.3 Å². The number of aliphatic hydroxyl groups excluding tert-OH is 1. The first-order chi connectivity index (χ1) is 13.1. The van der Waals surface area contributed by atoms with E-state index in [2.05, 4.69) is 6.92 Å². The van der Waals surface area contributed by atoms with E-state index in [0.29, 0.717) is 18.8 Å². The van der Waals surface area contributed by atoms with E-state index in [9.17, 15) is 14.7 Å². The normalized spacial score (nSPS) is 22.5. The van der Waals surface area contributed by atoms with Gasteiger partial charge < -0.3 is 14.9 Å². The lowest BCUT2D eigenvalue weighted by molar-refractivity contribution is -0.161. The predicted molar refractivity (Wildman–Crippen MR) is 106 cm³/mol. The largest absolute Gasteiger partial charge is 0.481 e. The van der Waals surface area contributed by atoms with Crippen LogP contribution in [0.3, 0.4) is 0 Å². The maximum Gasteiger partial charge on any atom is 0.309 e. The van der Waals surface area contributed by atoms with Crippen molar-refractivity contribution < 1.29 is 24.5 Å². The summed E-state index contributed by atoms with van der Waals surface area (Å²) in [5.41, 5.74) is 0. The van der Waals surface area contributed by atoms with Crippen molar-refractivity contribution in [2.24, 2.45) is 17.8 Å². The second kappa shape index (κ2) is 14.9. The summed E-state index contributed by atoms with van der Waals surface area (Å²) in [7, 11) is 0. The quantitative estimate of drug-likeness (QED) is 0.308. The van der Waals surface area contributed by atoms with Gasteiger partial charge in [-0.3, -0.25) is 9.59 Å². The monoisotopic (exact) mass is 384 g/mol. The minimum Gasteiger partial charge on any atom is -0.481 e. The second-order valence-corrected chi connectivity index (χ2v) is 8.09. The molecule has 0 aliphatic heterocycles. The van der Waals surface area contributed by atoms with Crippen molar-refractivity contribution in [3.8, 4) is 0 Å². The van der Waals surface area contributed by atoms with Crippen LogP contribution < -0.4 is 0 Å². The Kier molecular flexibility index (Phi) is 13.2. The van der Waals surface area contributed by atoms with Crippen LogP contribution in [0, 0.1) is 17.8 Å². The van der Waals surface area contributed by atoms with Crippen molar-refractivity contribution in [3.05, 3.63) is 0 Å². The number of aliphatic carboxylic acids is 1. The summed E-state index contributed by atoms with van der Waals surface area (Å²) in [6, 6.07) is 0. The molecule has 0 aromatic carbocycles. The SMILES string of the molecule is CCCCCCCCCCCCC1CCC(C(=O)OCCO)C(C(=O)O)C1. The van der Waals surface area contributed by atoms with Gasteiger partial charge in [0.15, 0.2) is 0 Å². The molecule has 1 aliphatic carbocycles. The Morgan fingerprint density at radius 2 is 1.48 bits per heavy atom. The first kappa shape index (κ1) is 23.9. The summed E-state index contributed by atoms with van der Waals surface area (Å²) in [4.78, 5) is 23.6. The Morgan fingerprint density at radius 1 is 0.889 bits per heavy atom. The van der Waals surface area contributed by atoms with Crippen LogP contribution in [0.1, 0.15) is 96.8 Å². The van der Waals surface area contributed by atoms with Crippen molar-refractivity contribution in [3.63, 3.8) is 0 Å². The molecular formula is C22H40O5. The highest BCUT2D eigenvalue weighted by atomic mass is 16.5. The summed E-state index contributed by atoms with van der Waals surface area (Å²) in [5, 5.41) is 18.2. The molecule has 0 aromatic heterocycles. The van der Waals surface area contributed by atoms with Crippen molar-refractivity contribution in [2.45, 2.75) is 96.8 Å². The predicted octanol–water partition coefficient (Wildman–Crippen LogP) is 4.95. The zero-order valence-electron chi connectivity index (χ0n) is 17.2. The molecule has 1 rings (SSSR count). The molecule has 0 saturated heterocycles. The van der Waals surface area contributed by atoms with E-state index in [4.69, 9.17) is 9.84 Å². The smallest absolute Gasteiger partial charge is 0.309 e. The molecular weight excluding hydrogens is 344 g/mol. The van der Waals surface area contributed by atoms with E-state index in [-0.39, 0.29) is 13.2 Å². The molecule has 0 amide bonds. The summed E-state index contributed by atoms with van der Waals surface area (Å²) in [6.07, 6.45) is 16.2. The molecule has 0 radical (unpaired) electrons. The topological polar surface area (TPSA) is 83.8 Å². The van der Waals surface area contributed by atoms with Crippen molar-refractivity contribution in [2.75, 3.05) is 13.2 Å². The standard InChI is InChI=1S/C22H40O5/c1-2-3-4-5-6-7-8-9-10-11-12-18-13-14-19(20(17-18)21(24)25)22(26)27-16-15-23/h18-20,23H,2-17H2,1H3,(H,24,25). The fraction of sp³-hybridized carbons (Fsp3) is 0.909. The molecule has 0 aromatic rings. The number of hydrogen-bond acceptors (Lipinski definition) is 4. The third-order valence-electron chi connectivity index (χ3n) is 5.88. The van der Waals surface area contributed by atoms with Crippen LogP contribution in [0.2, 0.25) is 0 Å². The average Bonchev–Trinajstić information content (AvgIpc) is 2.67. The van der Waals surface area contributed by atoms with Crippen molar-refractivity contribution >= 4 is 11.9 Å². The Hall–Kier alpha value is -1.10. The molecule has 27 heavy (non-hydrogen) atoms. The minimum atomic E-state index is -0.895. The first-order valence-electron chi connectivity index (χ1n) is 11.1. The highest BCUT2D eigenvalue weighted by Crippen LogP contribution is 2.37. The van der Waals surface area contributed by atoms with E-state index in [1.165, 1.54) is 57.8 Å². The minimum absolute atomic E-state index is 0.0519. The molecule has 1 saturated carbocycles. The summed E-state index contributed by atoms with van der Waals surface area (Å²) in [5.74, 6) is -2.15. The molecule has 2 N–H and O–H groups in total. The molecule has 5 nitrogen and oxygen atoms in total. The Balaban J connectivity index is 2.17. The van der Waals surface area contributed by atoms with Gasteiger partial charge in [0, 0.05) is 0 Å². The lowest BCUT2D eigenvalue weighted by Gasteiger charge is -2.32. The van der Waals surface area contributed by atoms with E-state index in [0.717, 1.165) is 19.3 Å². The average molecular weight is 385 g/mol. The van der Waals surface area contributed by atoms with Gasteiger partial charge in [-0.1, -0.05) is 77.6 Å². The number of rotatable bonds is 15. The maximum atomic E-state index is 12.0. The third-order valence-corrected chi connectivity index (χ3v) is 5.88. The van der Waals surface area contributed by atoms with Crippen LogP contribution in [-0.4, -0.2) is 35.4 Å². The van der Waals surface area contributed by atoms with Crippen LogP contribution in [0.15, 0.2) is 0 Å². The highest BCUT2D eigenvalue weighted by molar-refractivity contribution is 5.81. The van der Waals surface area contributed by atoms with Crippen LogP contribution in [0.4, 0.5) is 0 Å². The number of ether oxygens (including phenoxy) is 1. The fourth-order valence-corrected chi connectivity index (χ4v) is 4.25. The molecule has 0 heterocycles. The molecule has 158 valence electrons. The number of unbranched alkanes of at least 4 members (excludes halogenated alkanes) is 9. The molecule has 1 fully saturated rings. The van der Waals surface area contributed by atoms with Gasteiger partial charge in [0.25, 0.3) is 0 Å². The van der Waals surface area contributed by atoms with E-state index >= 15 is 0 Å². The number of carboxylic acid groups (broad SMARTS) is 1. The van der Waals surface area contributed by atoms with Crippen LogP contribution in [0.5, 0.6) is 0 Å². The third kappa shape index (κ3) is 10.1. The molecule has 0 bridgehead atoms.